The van der Waals surface area contributed by atoms with Crippen LogP contribution in [-0.4, -0.2) is 15.0 Å². The molecule has 0 amide bonds. The largest absolute Gasteiger partial charge is 0.433 e. The molecule has 98 valence electrons. The first-order valence-electron chi connectivity index (χ1n) is 4.46. The highest BCUT2D eigenvalue weighted by molar-refractivity contribution is 8.13. The summed E-state index contributed by atoms with van der Waals surface area (Å²) in [5.41, 5.74) is 5.07. The number of nitrogens with zero attached hydrogens (tertiary/aromatic N) is 1. The van der Waals surface area contributed by atoms with E-state index < -0.39 is 26.3 Å². The molecule has 18 heavy (non-hydrogen) atoms. The van der Waals surface area contributed by atoms with Crippen LogP contribution >= 0.6 is 10.7 Å². The molecule has 0 aliphatic rings. The summed E-state index contributed by atoms with van der Waals surface area (Å²) in [7, 11) is 0.771. The summed E-state index contributed by atoms with van der Waals surface area (Å²) in [6.45, 7) is -3.58. The Hall–Kier alpha value is -1.43. The highest BCUT2D eigenvalue weighted by Gasteiger charge is 2.25. The molecule has 0 bridgehead atoms. The number of rotatable bonds is 4. The van der Waals surface area contributed by atoms with E-state index in [9.17, 15) is 17.2 Å². The second-order valence-electron chi connectivity index (χ2n) is 3.05. The average Bonchev–Trinajstić information content (AvgIpc) is 2.25. The van der Waals surface area contributed by atoms with Crippen LogP contribution in [0.5, 0.6) is 5.75 Å². The van der Waals surface area contributed by atoms with Gasteiger partial charge >= 0.3 is 6.61 Å². The molecule has 5 nitrogen and oxygen atoms in total. The minimum absolute atomic E-state index is 0.0710. The molecule has 0 aliphatic carbocycles. The zero-order valence-corrected chi connectivity index (χ0v) is 10.3. The SMILES string of the molecule is N#Cc1ccc(OC(F)F)c(S(=O)(=O)Cl)c1CN. The molecule has 0 heterocycles. The van der Waals surface area contributed by atoms with Crippen LogP contribution in [0.3, 0.4) is 0 Å². The van der Waals surface area contributed by atoms with E-state index in [0.717, 1.165) is 12.1 Å². The lowest BCUT2D eigenvalue weighted by Crippen LogP contribution is -2.11. The van der Waals surface area contributed by atoms with Gasteiger partial charge in [-0.3, -0.25) is 0 Å². The Kier molecular flexibility index (Phi) is 4.45. The maximum Gasteiger partial charge on any atom is 0.387 e. The van der Waals surface area contributed by atoms with Gasteiger partial charge in [0.15, 0.2) is 0 Å². The first-order chi connectivity index (χ1) is 8.31. The third kappa shape index (κ3) is 3.07. The number of halogens is 3. The van der Waals surface area contributed by atoms with E-state index in [1.807, 2.05) is 0 Å². The zero-order chi connectivity index (χ0) is 13.9. The third-order valence-corrected chi connectivity index (χ3v) is 3.41. The molecule has 0 saturated heterocycles. The van der Waals surface area contributed by atoms with E-state index in [-0.39, 0.29) is 17.7 Å². The van der Waals surface area contributed by atoms with Gasteiger partial charge in [0.05, 0.1) is 11.6 Å². The molecule has 0 saturated carbocycles. The van der Waals surface area contributed by atoms with E-state index >= 15 is 0 Å². The summed E-state index contributed by atoms with van der Waals surface area (Å²) in [5, 5.41) is 8.78. The van der Waals surface area contributed by atoms with Gasteiger partial charge in [0.2, 0.25) is 0 Å². The van der Waals surface area contributed by atoms with Crippen molar-refractivity contribution >= 4 is 19.7 Å². The Morgan fingerprint density at radius 3 is 2.50 bits per heavy atom. The van der Waals surface area contributed by atoms with Crippen LogP contribution in [-0.2, 0) is 15.6 Å². The van der Waals surface area contributed by atoms with Crippen LogP contribution in [0, 0.1) is 11.3 Å². The van der Waals surface area contributed by atoms with Crippen molar-refractivity contribution in [2.75, 3.05) is 0 Å². The van der Waals surface area contributed by atoms with E-state index in [2.05, 4.69) is 4.74 Å². The number of ether oxygens (including phenoxy) is 1. The maximum absolute atomic E-state index is 12.2. The van der Waals surface area contributed by atoms with Gasteiger partial charge in [-0.1, -0.05) is 0 Å². The molecule has 1 aromatic rings. The zero-order valence-electron chi connectivity index (χ0n) is 8.73. The number of hydrogen-bond donors (Lipinski definition) is 1. The first-order valence-corrected chi connectivity index (χ1v) is 6.77. The average molecular weight is 297 g/mol. The normalized spacial score (nSPS) is 11.3. The molecule has 2 N–H and O–H groups in total. The Bertz CT molecular complexity index is 599. The number of alkyl halides is 2. The van der Waals surface area contributed by atoms with Crippen LogP contribution < -0.4 is 10.5 Å². The van der Waals surface area contributed by atoms with Gasteiger partial charge in [-0.2, -0.15) is 14.0 Å². The molecule has 0 radical (unpaired) electrons. The molecule has 0 unspecified atom stereocenters. The fraction of sp³-hybridized carbons (Fsp3) is 0.222. The first kappa shape index (κ1) is 14.6. The second-order valence-corrected chi connectivity index (χ2v) is 5.55. The Morgan fingerprint density at radius 2 is 2.11 bits per heavy atom. The lowest BCUT2D eigenvalue weighted by Gasteiger charge is -2.13. The maximum atomic E-state index is 12.2. The van der Waals surface area contributed by atoms with E-state index in [0.29, 0.717) is 0 Å². The highest BCUT2D eigenvalue weighted by Crippen LogP contribution is 2.33. The fourth-order valence-electron chi connectivity index (χ4n) is 1.37. The highest BCUT2D eigenvalue weighted by atomic mass is 35.7. The summed E-state index contributed by atoms with van der Waals surface area (Å²) >= 11 is 0. The molecule has 1 aromatic carbocycles. The van der Waals surface area contributed by atoms with Crippen molar-refractivity contribution in [2.45, 2.75) is 18.1 Å². The van der Waals surface area contributed by atoms with Crippen molar-refractivity contribution in [1.29, 1.82) is 5.26 Å². The molecule has 0 atom stereocenters. The second kappa shape index (κ2) is 5.48. The van der Waals surface area contributed by atoms with Crippen LogP contribution in [0.1, 0.15) is 11.1 Å². The molecular weight excluding hydrogens is 290 g/mol. The molecule has 9 heteroatoms. The van der Waals surface area contributed by atoms with Crippen molar-refractivity contribution in [2.24, 2.45) is 5.73 Å². The lowest BCUT2D eigenvalue weighted by molar-refractivity contribution is -0.0518. The van der Waals surface area contributed by atoms with Gasteiger partial charge in [-0.25, -0.2) is 8.42 Å². The Balaban J connectivity index is 3.61. The van der Waals surface area contributed by atoms with Crippen LogP contribution in [0.25, 0.3) is 0 Å². The van der Waals surface area contributed by atoms with Gasteiger partial charge in [-0.05, 0) is 12.1 Å². The summed E-state index contributed by atoms with van der Waals surface area (Å²) in [6, 6.07) is 3.75. The minimum Gasteiger partial charge on any atom is -0.433 e. The van der Waals surface area contributed by atoms with Crippen molar-refractivity contribution in [1.82, 2.24) is 0 Å². The lowest BCUT2D eigenvalue weighted by atomic mass is 10.1. The van der Waals surface area contributed by atoms with E-state index in [1.165, 1.54) is 0 Å². The van der Waals surface area contributed by atoms with Gasteiger partial charge < -0.3 is 10.5 Å². The van der Waals surface area contributed by atoms with Crippen LogP contribution in [0.4, 0.5) is 8.78 Å². The Labute approximate surface area is 106 Å². The summed E-state index contributed by atoms with van der Waals surface area (Å²) in [6.07, 6.45) is 0. The smallest absolute Gasteiger partial charge is 0.387 e. The van der Waals surface area contributed by atoms with E-state index in [4.69, 9.17) is 21.7 Å². The van der Waals surface area contributed by atoms with Crippen LogP contribution in [0.2, 0.25) is 0 Å². The van der Waals surface area contributed by atoms with Crippen molar-refractivity contribution < 1.29 is 21.9 Å². The van der Waals surface area contributed by atoms with Crippen molar-refractivity contribution in [3.63, 3.8) is 0 Å². The van der Waals surface area contributed by atoms with E-state index in [1.54, 1.807) is 6.07 Å². The fourth-order valence-corrected chi connectivity index (χ4v) is 2.72. The minimum atomic E-state index is -4.37. The molecule has 0 fully saturated rings. The molecule has 1 rings (SSSR count). The van der Waals surface area contributed by atoms with Gasteiger partial charge in [0.25, 0.3) is 9.05 Å². The van der Waals surface area contributed by atoms with Crippen molar-refractivity contribution in [3.8, 4) is 11.8 Å². The van der Waals surface area contributed by atoms with Gasteiger partial charge in [0, 0.05) is 22.8 Å². The van der Waals surface area contributed by atoms with Crippen LogP contribution in [0.15, 0.2) is 17.0 Å². The predicted molar refractivity (Wildman–Crippen MR) is 58.7 cm³/mol. The predicted octanol–water partition coefficient (Wildman–Crippen LogP) is 1.55. The van der Waals surface area contributed by atoms with Gasteiger partial charge in [-0.15, -0.1) is 0 Å². The molecule has 0 aromatic heterocycles. The summed E-state index contributed by atoms with van der Waals surface area (Å²) < 4.78 is 51.1. The molecule has 0 spiro atoms. The molecular formula is C9H7ClF2N2O3S. The monoisotopic (exact) mass is 296 g/mol. The van der Waals surface area contributed by atoms with Crippen molar-refractivity contribution in [3.05, 3.63) is 23.3 Å². The van der Waals surface area contributed by atoms with Gasteiger partial charge in [0.1, 0.15) is 10.6 Å². The number of nitrogens with two attached hydrogens (primary N) is 1. The molecule has 0 aliphatic heterocycles. The standard InChI is InChI=1S/C9H7ClF2N2O3S/c10-18(15,16)8-6(4-14)5(3-13)1-2-7(8)17-9(11)12/h1-2,9H,4,14H2. The third-order valence-electron chi connectivity index (χ3n) is 2.01. The summed E-state index contributed by atoms with van der Waals surface area (Å²) in [5.74, 6) is -0.639. The number of hydrogen-bond acceptors (Lipinski definition) is 5. The quantitative estimate of drug-likeness (QED) is 0.851. The number of benzene rings is 1. The topological polar surface area (TPSA) is 93.2 Å². The number of nitriles is 1. The Morgan fingerprint density at radius 1 is 1.50 bits per heavy atom. The summed E-state index contributed by atoms with van der Waals surface area (Å²) in [4.78, 5) is -0.703.